The Hall–Kier alpha value is -2.47. The van der Waals surface area contributed by atoms with Gasteiger partial charge in [0.1, 0.15) is 5.75 Å². The zero-order valence-electron chi connectivity index (χ0n) is 9.98. The summed E-state index contributed by atoms with van der Waals surface area (Å²) < 4.78 is 5.39. The number of benzene rings is 1. The molecule has 1 aromatic carbocycles. The molecule has 0 fully saturated rings. The van der Waals surface area contributed by atoms with E-state index in [2.05, 4.69) is 9.97 Å². The summed E-state index contributed by atoms with van der Waals surface area (Å²) in [5, 5.41) is 17.8. The number of aliphatic hydroxyl groups is 1. The van der Waals surface area contributed by atoms with Crippen molar-refractivity contribution in [3.63, 3.8) is 0 Å². The van der Waals surface area contributed by atoms with E-state index < -0.39 is 5.97 Å². The minimum Gasteiger partial charge on any atom is -0.476 e. The van der Waals surface area contributed by atoms with Crippen LogP contribution < -0.4 is 4.74 Å². The Morgan fingerprint density at radius 2 is 1.84 bits per heavy atom. The molecule has 0 radical (unpaired) electrons. The molecule has 98 valence electrons. The molecule has 0 aliphatic rings. The van der Waals surface area contributed by atoms with E-state index in [0.29, 0.717) is 12.2 Å². The standard InChI is InChI=1S/C13H12N2O4/c16-8-5-9-1-3-10(4-2-9)19-12-11(13(17)18)14-6-7-15-12/h1-4,6-7,16H,5,8H2,(H,17,18). The Kier molecular flexibility index (Phi) is 4.04. The topological polar surface area (TPSA) is 92.5 Å². The van der Waals surface area contributed by atoms with E-state index in [0.717, 1.165) is 5.56 Å². The number of nitrogens with zero attached hydrogens (tertiary/aromatic N) is 2. The molecule has 0 amide bonds. The van der Waals surface area contributed by atoms with Gasteiger partial charge in [-0.1, -0.05) is 12.1 Å². The first-order valence-corrected chi connectivity index (χ1v) is 5.62. The fraction of sp³-hybridized carbons (Fsp3) is 0.154. The highest BCUT2D eigenvalue weighted by Crippen LogP contribution is 2.22. The Bertz CT molecular complexity index is 569. The van der Waals surface area contributed by atoms with Crippen LogP contribution in [-0.2, 0) is 6.42 Å². The second kappa shape index (κ2) is 5.92. The third-order valence-electron chi connectivity index (χ3n) is 2.41. The molecule has 6 heteroatoms. The molecule has 0 atom stereocenters. The van der Waals surface area contributed by atoms with Gasteiger partial charge in [0, 0.05) is 19.0 Å². The van der Waals surface area contributed by atoms with Crippen molar-refractivity contribution >= 4 is 5.97 Å². The smallest absolute Gasteiger partial charge is 0.360 e. The second-order valence-electron chi connectivity index (χ2n) is 3.73. The normalized spacial score (nSPS) is 10.2. The SMILES string of the molecule is O=C(O)c1nccnc1Oc1ccc(CCO)cc1. The van der Waals surface area contributed by atoms with Crippen LogP contribution in [0.3, 0.4) is 0 Å². The van der Waals surface area contributed by atoms with Gasteiger partial charge < -0.3 is 14.9 Å². The third-order valence-corrected chi connectivity index (χ3v) is 2.41. The largest absolute Gasteiger partial charge is 0.476 e. The van der Waals surface area contributed by atoms with Crippen LogP contribution in [0.4, 0.5) is 0 Å². The highest BCUT2D eigenvalue weighted by atomic mass is 16.5. The van der Waals surface area contributed by atoms with Gasteiger partial charge in [-0.3, -0.25) is 0 Å². The molecule has 0 saturated carbocycles. The summed E-state index contributed by atoms with van der Waals surface area (Å²) in [7, 11) is 0. The van der Waals surface area contributed by atoms with Crippen molar-refractivity contribution in [2.75, 3.05) is 6.61 Å². The van der Waals surface area contributed by atoms with E-state index in [-0.39, 0.29) is 18.2 Å². The summed E-state index contributed by atoms with van der Waals surface area (Å²) in [6, 6.07) is 6.96. The summed E-state index contributed by atoms with van der Waals surface area (Å²) in [5.41, 5.74) is 0.731. The van der Waals surface area contributed by atoms with Gasteiger partial charge in [0.15, 0.2) is 0 Å². The highest BCUT2D eigenvalue weighted by Gasteiger charge is 2.14. The van der Waals surface area contributed by atoms with E-state index >= 15 is 0 Å². The zero-order valence-corrected chi connectivity index (χ0v) is 9.98. The molecule has 0 unspecified atom stereocenters. The number of aliphatic hydroxyl groups excluding tert-OH is 1. The van der Waals surface area contributed by atoms with Crippen LogP contribution in [0.1, 0.15) is 16.1 Å². The summed E-state index contributed by atoms with van der Waals surface area (Å²) in [4.78, 5) is 18.5. The molecule has 0 aliphatic heterocycles. The maximum absolute atomic E-state index is 10.9. The molecule has 2 aromatic rings. The lowest BCUT2D eigenvalue weighted by Gasteiger charge is -2.07. The quantitative estimate of drug-likeness (QED) is 0.846. The number of aromatic carboxylic acids is 1. The van der Waals surface area contributed by atoms with E-state index in [4.69, 9.17) is 14.9 Å². The average Bonchev–Trinajstić information content (AvgIpc) is 2.42. The molecule has 2 N–H and O–H groups in total. The number of hydrogen-bond donors (Lipinski definition) is 2. The highest BCUT2D eigenvalue weighted by molar-refractivity contribution is 5.87. The van der Waals surface area contributed by atoms with E-state index in [1.165, 1.54) is 12.4 Å². The molecule has 0 bridgehead atoms. The lowest BCUT2D eigenvalue weighted by atomic mass is 10.1. The maximum atomic E-state index is 10.9. The lowest BCUT2D eigenvalue weighted by Crippen LogP contribution is -2.04. The zero-order chi connectivity index (χ0) is 13.7. The van der Waals surface area contributed by atoms with Crippen molar-refractivity contribution in [1.82, 2.24) is 9.97 Å². The second-order valence-corrected chi connectivity index (χ2v) is 3.73. The number of carboxylic acids is 1. The fourth-order valence-electron chi connectivity index (χ4n) is 1.51. The van der Waals surface area contributed by atoms with Crippen molar-refractivity contribution < 1.29 is 19.7 Å². The molecule has 1 aromatic heterocycles. The average molecular weight is 260 g/mol. The van der Waals surface area contributed by atoms with Gasteiger partial charge in [-0.2, -0.15) is 0 Å². The van der Waals surface area contributed by atoms with E-state index in [1.54, 1.807) is 24.3 Å². The van der Waals surface area contributed by atoms with Gasteiger partial charge in [0.2, 0.25) is 5.69 Å². The van der Waals surface area contributed by atoms with E-state index in [1.807, 2.05) is 0 Å². The summed E-state index contributed by atoms with van der Waals surface area (Å²) in [6.45, 7) is 0.0769. The van der Waals surface area contributed by atoms with Gasteiger partial charge in [-0.15, -0.1) is 0 Å². The fourth-order valence-corrected chi connectivity index (χ4v) is 1.51. The van der Waals surface area contributed by atoms with Crippen LogP contribution in [0.2, 0.25) is 0 Å². The van der Waals surface area contributed by atoms with Gasteiger partial charge >= 0.3 is 5.97 Å². The number of ether oxygens (including phenoxy) is 1. The molecule has 0 spiro atoms. The van der Waals surface area contributed by atoms with Crippen LogP contribution in [-0.4, -0.2) is 32.8 Å². The Morgan fingerprint density at radius 3 is 2.47 bits per heavy atom. The predicted octanol–water partition coefficient (Wildman–Crippen LogP) is 1.50. The number of hydrogen-bond acceptors (Lipinski definition) is 5. The Morgan fingerprint density at radius 1 is 1.16 bits per heavy atom. The van der Waals surface area contributed by atoms with Gasteiger partial charge in [-0.25, -0.2) is 14.8 Å². The van der Waals surface area contributed by atoms with Crippen LogP contribution in [0.15, 0.2) is 36.7 Å². The van der Waals surface area contributed by atoms with Crippen molar-refractivity contribution in [1.29, 1.82) is 0 Å². The van der Waals surface area contributed by atoms with Gasteiger partial charge in [-0.05, 0) is 24.1 Å². The minimum atomic E-state index is -1.19. The first-order chi connectivity index (χ1) is 9.20. The summed E-state index contributed by atoms with van der Waals surface area (Å²) in [6.07, 6.45) is 3.22. The monoisotopic (exact) mass is 260 g/mol. The number of carboxylic acid groups (broad SMARTS) is 1. The van der Waals surface area contributed by atoms with Gasteiger partial charge in [0.05, 0.1) is 0 Å². The van der Waals surface area contributed by atoms with Crippen molar-refractivity contribution in [2.24, 2.45) is 0 Å². The molecule has 2 rings (SSSR count). The molecule has 6 nitrogen and oxygen atoms in total. The Balaban J connectivity index is 2.19. The number of aromatic nitrogens is 2. The molecular formula is C13H12N2O4. The number of carbonyl (C=O) groups is 1. The molecule has 0 aliphatic carbocycles. The van der Waals surface area contributed by atoms with Crippen LogP contribution in [0, 0.1) is 0 Å². The lowest BCUT2D eigenvalue weighted by molar-refractivity contribution is 0.0686. The first-order valence-electron chi connectivity index (χ1n) is 5.62. The molecule has 19 heavy (non-hydrogen) atoms. The summed E-state index contributed by atoms with van der Waals surface area (Å²) in [5.74, 6) is -0.783. The number of rotatable bonds is 5. The van der Waals surface area contributed by atoms with Gasteiger partial charge in [0.25, 0.3) is 5.88 Å². The van der Waals surface area contributed by atoms with Crippen LogP contribution in [0.25, 0.3) is 0 Å². The maximum Gasteiger partial charge on any atom is 0.360 e. The first kappa shape index (κ1) is 13.0. The van der Waals surface area contributed by atoms with E-state index in [9.17, 15) is 4.79 Å². The Labute approximate surface area is 109 Å². The molecule has 0 saturated heterocycles. The minimum absolute atomic E-state index is 0.0510. The third kappa shape index (κ3) is 3.26. The molecular weight excluding hydrogens is 248 g/mol. The predicted molar refractivity (Wildman–Crippen MR) is 66.3 cm³/mol. The van der Waals surface area contributed by atoms with Crippen molar-refractivity contribution in [3.05, 3.63) is 47.9 Å². The summed E-state index contributed by atoms with van der Waals surface area (Å²) >= 11 is 0. The van der Waals surface area contributed by atoms with Crippen molar-refractivity contribution in [3.8, 4) is 11.6 Å². The molecule has 1 heterocycles. The van der Waals surface area contributed by atoms with Crippen molar-refractivity contribution in [2.45, 2.75) is 6.42 Å². The van der Waals surface area contributed by atoms with Crippen LogP contribution >= 0.6 is 0 Å². The van der Waals surface area contributed by atoms with Crippen LogP contribution in [0.5, 0.6) is 11.6 Å².